The number of methoxy groups -OCH3 is 2. The Morgan fingerprint density at radius 1 is 1.00 bits per heavy atom. The summed E-state index contributed by atoms with van der Waals surface area (Å²) >= 11 is 0. The predicted octanol–water partition coefficient (Wildman–Crippen LogP) is 3.74. The van der Waals surface area contributed by atoms with Gasteiger partial charge in [0, 0.05) is 32.0 Å². The zero-order valence-electron chi connectivity index (χ0n) is 16.9. The summed E-state index contributed by atoms with van der Waals surface area (Å²) in [6.45, 7) is 0.561. The van der Waals surface area contributed by atoms with Gasteiger partial charge in [0.2, 0.25) is 17.6 Å². The number of rotatable bonds is 9. The van der Waals surface area contributed by atoms with Gasteiger partial charge in [-0.1, -0.05) is 17.3 Å². The van der Waals surface area contributed by atoms with Crippen molar-refractivity contribution in [2.24, 2.45) is 0 Å². The molecule has 0 saturated heterocycles. The normalized spacial score (nSPS) is 10.6. The zero-order chi connectivity index (χ0) is 20.6. The van der Waals surface area contributed by atoms with Crippen LogP contribution in [0.2, 0.25) is 0 Å². The topological polar surface area (TPSA) is 77.7 Å². The van der Waals surface area contributed by atoms with Crippen molar-refractivity contribution < 1.29 is 18.8 Å². The molecule has 29 heavy (non-hydrogen) atoms. The highest BCUT2D eigenvalue weighted by atomic mass is 16.5. The average molecular weight is 395 g/mol. The van der Waals surface area contributed by atoms with Gasteiger partial charge in [0.1, 0.15) is 11.5 Å². The third-order valence-electron chi connectivity index (χ3n) is 4.60. The van der Waals surface area contributed by atoms with Gasteiger partial charge in [0.25, 0.3) is 0 Å². The van der Waals surface area contributed by atoms with Crippen molar-refractivity contribution >= 4 is 5.91 Å². The number of hydrogen-bond donors (Lipinski definition) is 0. The Bertz CT molecular complexity index is 920. The number of amides is 1. The molecule has 7 nitrogen and oxygen atoms in total. The third-order valence-corrected chi connectivity index (χ3v) is 4.60. The fourth-order valence-corrected chi connectivity index (χ4v) is 2.89. The summed E-state index contributed by atoms with van der Waals surface area (Å²) in [5.41, 5.74) is 1.92. The average Bonchev–Trinajstić information content (AvgIpc) is 3.23. The second-order valence-corrected chi connectivity index (χ2v) is 6.69. The van der Waals surface area contributed by atoms with E-state index in [0.29, 0.717) is 37.5 Å². The summed E-state index contributed by atoms with van der Waals surface area (Å²) in [6, 6.07) is 15.2. The number of carbonyl (C=O) groups is 1. The number of hydrogen-bond acceptors (Lipinski definition) is 6. The Hall–Kier alpha value is -3.35. The SMILES string of the molecule is COc1ccc(CN(C)C(=O)CCCc2nc(-c3ccc(OC)cc3)no2)cc1. The number of aromatic nitrogens is 2. The summed E-state index contributed by atoms with van der Waals surface area (Å²) in [5, 5.41) is 4.01. The molecule has 0 aliphatic rings. The first-order valence-electron chi connectivity index (χ1n) is 9.43. The molecule has 0 unspecified atom stereocenters. The summed E-state index contributed by atoms with van der Waals surface area (Å²) < 4.78 is 15.6. The number of aryl methyl sites for hydroxylation is 1. The number of ether oxygens (including phenoxy) is 2. The van der Waals surface area contributed by atoms with Crippen LogP contribution in [0.5, 0.6) is 11.5 Å². The highest BCUT2D eigenvalue weighted by molar-refractivity contribution is 5.75. The molecule has 0 bridgehead atoms. The van der Waals surface area contributed by atoms with E-state index in [2.05, 4.69) is 10.1 Å². The van der Waals surface area contributed by atoms with Gasteiger partial charge in [-0.25, -0.2) is 0 Å². The second-order valence-electron chi connectivity index (χ2n) is 6.69. The molecule has 7 heteroatoms. The van der Waals surface area contributed by atoms with Gasteiger partial charge in [0.15, 0.2) is 0 Å². The fraction of sp³-hybridized carbons (Fsp3) is 0.318. The first-order chi connectivity index (χ1) is 14.1. The molecule has 0 N–H and O–H groups in total. The van der Waals surface area contributed by atoms with Gasteiger partial charge in [-0.3, -0.25) is 4.79 Å². The Kier molecular flexibility index (Phi) is 6.84. The first kappa shape index (κ1) is 20.4. The lowest BCUT2D eigenvalue weighted by atomic mass is 10.2. The minimum absolute atomic E-state index is 0.0794. The number of nitrogens with zero attached hydrogens (tertiary/aromatic N) is 3. The lowest BCUT2D eigenvalue weighted by molar-refractivity contribution is -0.130. The largest absolute Gasteiger partial charge is 0.497 e. The molecular formula is C22H25N3O4. The summed E-state index contributed by atoms with van der Waals surface area (Å²) in [4.78, 5) is 18.5. The Balaban J connectivity index is 1.46. The van der Waals surface area contributed by atoms with E-state index < -0.39 is 0 Å². The van der Waals surface area contributed by atoms with Gasteiger partial charge in [-0.2, -0.15) is 4.98 Å². The van der Waals surface area contributed by atoms with Crippen LogP contribution in [0, 0.1) is 0 Å². The van der Waals surface area contributed by atoms with Crippen LogP contribution in [0.15, 0.2) is 53.1 Å². The molecule has 1 aromatic heterocycles. The maximum absolute atomic E-state index is 12.4. The molecule has 2 aromatic carbocycles. The molecule has 0 aliphatic heterocycles. The summed E-state index contributed by atoms with van der Waals surface area (Å²) in [6.07, 6.45) is 1.63. The van der Waals surface area contributed by atoms with E-state index in [1.54, 1.807) is 26.2 Å². The summed E-state index contributed by atoms with van der Waals surface area (Å²) in [5.74, 6) is 2.72. The zero-order valence-corrected chi connectivity index (χ0v) is 16.9. The quantitative estimate of drug-likeness (QED) is 0.549. The standard InChI is InChI=1S/C22H25N3O4/c1-25(15-16-7-11-18(27-2)12-8-16)21(26)6-4-5-20-23-22(24-29-20)17-9-13-19(28-3)14-10-17/h7-14H,4-6,15H2,1-3H3. The van der Waals surface area contributed by atoms with Crippen LogP contribution in [0.3, 0.4) is 0 Å². The van der Waals surface area contributed by atoms with E-state index in [-0.39, 0.29) is 5.91 Å². The minimum atomic E-state index is 0.0794. The molecule has 0 spiro atoms. The van der Waals surface area contributed by atoms with Gasteiger partial charge in [-0.05, 0) is 48.4 Å². The van der Waals surface area contributed by atoms with Crippen LogP contribution in [-0.2, 0) is 17.8 Å². The Morgan fingerprint density at radius 3 is 2.24 bits per heavy atom. The van der Waals surface area contributed by atoms with Gasteiger partial charge in [0.05, 0.1) is 14.2 Å². The van der Waals surface area contributed by atoms with Crippen molar-refractivity contribution in [3.8, 4) is 22.9 Å². The molecule has 0 radical (unpaired) electrons. The Labute approximate surface area is 170 Å². The van der Waals surface area contributed by atoms with Gasteiger partial charge >= 0.3 is 0 Å². The first-order valence-corrected chi connectivity index (χ1v) is 9.43. The lowest BCUT2D eigenvalue weighted by Crippen LogP contribution is -2.25. The lowest BCUT2D eigenvalue weighted by Gasteiger charge is -2.17. The van der Waals surface area contributed by atoms with E-state index in [4.69, 9.17) is 14.0 Å². The van der Waals surface area contributed by atoms with Crippen LogP contribution < -0.4 is 9.47 Å². The third kappa shape index (κ3) is 5.57. The van der Waals surface area contributed by atoms with Crippen molar-refractivity contribution in [2.45, 2.75) is 25.8 Å². The van der Waals surface area contributed by atoms with E-state index in [0.717, 1.165) is 22.6 Å². The maximum atomic E-state index is 12.4. The van der Waals surface area contributed by atoms with Crippen molar-refractivity contribution in [2.75, 3.05) is 21.3 Å². The van der Waals surface area contributed by atoms with Crippen molar-refractivity contribution in [1.82, 2.24) is 15.0 Å². The van der Waals surface area contributed by atoms with Crippen LogP contribution >= 0.6 is 0 Å². The molecule has 3 rings (SSSR count). The molecule has 1 amide bonds. The number of carbonyl (C=O) groups excluding carboxylic acids is 1. The molecule has 1 heterocycles. The smallest absolute Gasteiger partial charge is 0.226 e. The molecule has 3 aromatic rings. The number of benzene rings is 2. The molecule has 152 valence electrons. The molecular weight excluding hydrogens is 370 g/mol. The van der Waals surface area contributed by atoms with Crippen LogP contribution in [0.4, 0.5) is 0 Å². The van der Waals surface area contributed by atoms with Crippen molar-refractivity contribution in [3.63, 3.8) is 0 Å². The van der Waals surface area contributed by atoms with E-state index in [1.165, 1.54) is 0 Å². The van der Waals surface area contributed by atoms with Crippen LogP contribution in [-0.4, -0.2) is 42.2 Å². The van der Waals surface area contributed by atoms with Crippen molar-refractivity contribution in [3.05, 3.63) is 60.0 Å². The van der Waals surface area contributed by atoms with E-state index in [1.807, 2.05) is 48.5 Å². The monoisotopic (exact) mass is 395 g/mol. The predicted molar refractivity (Wildman–Crippen MR) is 109 cm³/mol. The maximum Gasteiger partial charge on any atom is 0.226 e. The highest BCUT2D eigenvalue weighted by Crippen LogP contribution is 2.20. The van der Waals surface area contributed by atoms with Crippen molar-refractivity contribution in [1.29, 1.82) is 0 Å². The molecule has 0 fully saturated rings. The molecule has 0 aliphatic carbocycles. The molecule has 0 atom stereocenters. The second kappa shape index (κ2) is 9.73. The van der Waals surface area contributed by atoms with Gasteiger partial charge in [-0.15, -0.1) is 0 Å². The van der Waals surface area contributed by atoms with Crippen LogP contribution in [0.25, 0.3) is 11.4 Å². The fourth-order valence-electron chi connectivity index (χ4n) is 2.89. The van der Waals surface area contributed by atoms with E-state index >= 15 is 0 Å². The van der Waals surface area contributed by atoms with Gasteiger partial charge < -0.3 is 18.9 Å². The van der Waals surface area contributed by atoms with E-state index in [9.17, 15) is 4.79 Å². The Morgan fingerprint density at radius 2 is 1.62 bits per heavy atom. The highest BCUT2D eigenvalue weighted by Gasteiger charge is 2.12. The minimum Gasteiger partial charge on any atom is -0.497 e. The molecule has 0 saturated carbocycles. The van der Waals surface area contributed by atoms with Crippen LogP contribution in [0.1, 0.15) is 24.3 Å². The summed E-state index contributed by atoms with van der Waals surface area (Å²) in [7, 11) is 5.06.